The number of thioether (sulfide) groups is 1. The van der Waals surface area contributed by atoms with Gasteiger partial charge in [0.15, 0.2) is 9.84 Å². The number of nitrogens with two attached hydrogens (primary N) is 1. The van der Waals surface area contributed by atoms with Crippen molar-refractivity contribution in [1.82, 2.24) is 0 Å². The summed E-state index contributed by atoms with van der Waals surface area (Å²) >= 11 is 1.90. The predicted octanol–water partition coefficient (Wildman–Crippen LogP) is 1.93. The van der Waals surface area contributed by atoms with E-state index < -0.39 is 15.1 Å². The summed E-state index contributed by atoms with van der Waals surface area (Å²) < 4.78 is 25.2. The summed E-state index contributed by atoms with van der Waals surface area (Å²) in [4.78, 5) is 0.402. The van der Waals surface area contributed by atoms with Crippen LogP contribution in [0.25, 0.3) is 0 Å². The third-order valence-electron chi connectivity index (χ3n) is 3.49. The lowest BCUT2D eigenvalue weighted by atomic mass is 9.98. The highest BCUT2D eigenvalue weighted by Crippen LogP contribution is 2.31. The molecule has 0 radical (unpaired) electrons. The topological polar surface area (TPSA) is 60.2 Å². The number of sulfone groups is 1. The number of rotatable bonds is 4. The quantitative estimate of drug-likeness (QED) is 0.918. The number of benzene rings is 1. The van der Waals surface area contributed by atoms with Crippen molar-refractivity contribution in [3.05, 3.63) is 30.3 Å². The van der Waals surface area contributed by atoms with Gasteiger partial charge < -0.3 is 5.73 Å². The SMILES string of the molecule is NCC(C1CCSCC1)S(=O)(=O)c1ccccc1. The van der Waals surface area contributed by atoms with E-state index in [9.17, 15) is 8.42 Å². The van der Waals surface area contributed by atoms with E-state index in [0.29, 0.717) is 4.90 Å². The van der Waals surface area contributed by atoms with Crippen LogP contribution in [-0.2, 0) is 9.84 Å². The van der Waals surface area contributed by atoms with Gasteiger partial charge in [0.05, 0.1) is 10.1 Å². The zero-order chi connectivity index (χ0) is 13.0. The molecule has 1 atom stereocenters. The lowest BCUT2D eigenvalue weighted by Crippen LogP contribution is -2.38. The molecule has 1 aliphatic rings. The van der Waals surface area contributed by atoms with Crippen molar-refractivity contribution in [3.63, 3.8) is 0 Å². The van der Waals surface area contributed by atoms with Crippen LogP contribution in [0.15, 0.2) is 35.2 Å². The van der Waals surface area contributed by atoms with Crippen LogP contribution in [0.4, 0.5) is 0 Å². The molecule has 1 saturated heterocycles. The molecule has 18 heavy (non-hydrogen) atoms. The minimum atomic E-state index is -3.29. The van der Waals surface area contributed by atoms with E-state index in [4.69, 9.17) is 5.73 Å². The lowest BCUT2D eigenvalue weighted by molar-refractivity contribution is 0.448. The van der Waals surface area contributed by atoms with Crippen LogP contribution < -0.4 is 5.73 Å². The maximum atomic E-state index is 12.6. The largest absolute Gasteiger partial charge is 0.329 e. The molecule has 2 N–H and O–H groups in total. The summed E-state index contributed by atoms with van der Waals surface area (Å²) in [5.41, 5.74) is 5.74. The van der Waals surface area contributed by atoms with E-state index in [1.807, 2.05) is 17.8 Å². The Labute approximate surface area is 113 Å². The Morgan fingerprint density at radius 1 is 1.22 bits per heavy atom. The second-order valence-corrected chi connectivity index (χ2v) is 7.97. The second-order valence-electron chi connectivity index (χ2n) is 4.58. The minimum absolute atomic E-state index is 0.210. The fraction of sp³-hybridized carbons (Fsp3) is 0.538. The first-order chi connectivity index (χ1) is 8.66. The zero-order valence-corrected chi connectivity index (χ0v) is 11.9. The fourth-order valence-electron chi connectivity index (χ4n) is 2.45. The maximum Gasteiger partial charge on any atom is 0.182 e. The van der Waals surface area contributed by atoms with Crippen molar-refractivity contribution in [1.29, 1.82) is 0 Å². The van der Waals surface area contributed by atoms with Gasteiger partial charge >= 0.3 is 0 Å². The molecule has 5 heteroatoms. The number of hydrogen-bond donors (Lipinski definition) is 1. The Hall–Kier alpha value is -0.520. The monoisotopic (exact) mass is 285 g/mol. The van der Waals surface area contributed by atoms with Gasteiger partial charge in [0.25, 0.3) is 0 Å². The van der Waals surface area contributed by atoms with Crippen LogP contribution in [-0.4, -0.2) is 31.7 Å². The summed E-state index contributed by atoms with van der Waals surface area (Å²) in [6.45, 7) is 0.215. The fourth-order valence-corrected chi connectivity index (χ4v) is 5.51. The highest BCUT2D eigenvalue weighted by Gasteiger charge is 2.34. The first-order valence-corrected chi connectivity index (χ1v) is 8.93. The van der Waals surface area contributed by atoms with E-state index in [1.165, 1.54) is 0 Å². The Balaban J connectivity index is 2.26. The second kappa shape index (κ2) is 6.08. The molecule has 0 aromatic heterocycles. The van der Waals surface area contributed by atoms with Crippen LogP contribution >= 0.6 is 11.8 Å². The van der Waals surface area contributed by atoms with E-state index in [1.54, 1.807) is 24.3 Å². The van der Waals surface area contributed by atoms with Gasteiger partial charge in [-0.05, 0) is 42.4 Å². The summed E-state index contributed by atoms with van der Waals surface area (Å²) in [6, 6.07) is 8.67. The van der Waals surface area contributed by atoms with Crippen molar-refractivity contribution in [2.45, 2.75) is 23.0 Å². The van der Waals surface area contributed by atoms with Gasteiger partial charge in [-0.1, -0.05) is 18.2 Å². The minimum Gasteiger partial charge on any atom is -0.329 e. The molecule has 1 aliphatic heterocycles. The van der Waals surface area contributed by atoms with E-state index >= 15 is 0 Å². The molecule has 0 bridgehead atoms. The first-order valence-electron chi connectivity index (χ1n) is 6.23. The third-order valence-corrected chi connectivity index (χ3v) is 6.85. The molecule has 0 aliphatic carbocycles. The molecular weight excluding hydrogens is 266 g/mol. The molecule has 0 spiro atoms. The van der Waals surface area contributed by atoms with Crippen LogP contribution in [0, 0.1) is 5.92 Å². The van der Waals surface area contributed by atoms with Crippen LogP contribution in [0.3, 0.4) is 0 Å². The van der Waals surface area contributed by atoms with E-state index in [0.717, 1.165) is 24.3 Å². The van der Waals surface area contributed by atoms with E-state index in [2.05, 4.69) is 0 Å². The summed E-state index contributed by atoms with van der Waals surface area (Å²) in [6.07, 6.45) is 1.91. The molecule has 1 heterocycles. The Bertz CT molecular complexity index is 467. The molecule has 1 fully saturated rings. The molecule has 1 unspecified atom stereocenters. The average molecular weight is 285 g/mol. The zero-order valence-electron chi connectivity index (χ0n) is 10.3. The van der Waals surface area contributed by atoms with Gasteiger partial charge in [-0.15, -0.1) is 0 Å². The number of hydrogen-bond acceptors (Lipinski definition) is 4. The summed E-state index contributed by atoms with van der Waals surface area (Å²) in [7, 11) is -3.29. The van der Waals surface area contributed by atoms with Gasteiger partial charge in [0.2, 0.25) is 0 Å². The van der Waals surface area contributed by atoms with Crippen molar-refractivity contribution < 1.29 is 8.42 Å². The molecule has 1 aromatic rings. The van der Waals surface area contributed by atoms with Gasteiger partial charge in [-0.25, -0.2) is 8.42 Å². The summed E-state index contributed by atoms with van der Waals surface area (Å²) in [5.74, 6) is 2.30. The lowest BCUT2D eigenvalue weighted by Gasteiger charge is -2.28. The van der Waals surface area contributed by atoms with Gasteiger partial charge in [0.1, 0.15) is 0 Å². The standard InChI is InChI=1S/C13H19NO2S2/c14-10-13(11-6-8-17-9-7-11)18(15,16)12-4-2-1-3-5-12/h1-5,11,13H,6-10,14H2. The van der Waals surface area contributed by atoms with E-state index in [-0.39, 0.29) is 12.5 Å². The molecule has 2 rings (SSSR count). The van der Waals surface area contributed by atoms with Crippen molar-refractivity contribution in [3.8, 4) is 0 Å². The molecule has 3 nitrogen and oxygen atoms in total. The molecule has 100 valence electrons. The first kappa shape index (κ1) is 13.9. The van der Waals surface area contributed by atoms with Crippen molar-refractivity contribution in [2.75, 3.05) is 18.1 Å². The normalized spacial score (nSPS) is 19.6. The maximum absolute atomic E-state index is 12.6. The van der Waals surface area contributed by atoms with Crippen molar-refractivity contribution in [2.24, 2.45) is 11.7 Å². The Kier molecular flexibility index (Phi) is 4.70. The molecular formula is C13H19NO2S2. The highest BCUT2D eigenvalue weighted by atomic mass is 32.2. The van der Waals surface area contributed by atoms with Crippen molar-refractivity contribution >= 4 is 21.6 Å². The summed E-state index contributed by atoms with van der Waals surface area (Å²) in [5, 5.41) is -0.430. The van der Waals surface area contributed by atoms with Gasteiger partial charge in [-0.3, -0.25) is 0 Å². The van der Waals surface area contributed by atoms with Gasteiger partial charge in [-0.2, -0.15) is 11.8 Å². The highest BCUT2D eigenvalue weighted by molar-refractivity contribution is 7.99. The van der Waals surface area contributed by atoms with Crippen LogP contribution in [0.1, 0.15) is 12.8 Å². The Morgan fingerprint density at radius 2 is 1.83 bits per heavy atom. The predicted molar refractivity (Wildman–Crippen MR) is 76.5 cm³/mol. The smallest absolute Gasteiger partial charge is 0.182 e. The molecule has 1 aromatic carbocycles. The molecule has 0 saturated carbocycles. The molecule has 0 amide bonds. The van der Waals surface area contributed by atoms with Crippen LogP contribution in [0.5, 0.6) is 0 Å². The third kappa shape index (κ3) is 2.90. The van der Waals surface area contributed by atoms with Gasteiger partial charge in [0, 0.05) is 6.54 Å². The Morgan fingerprint density at radius 3 is 2.39 bits per heavy atom. The van der Waals surface area contributed by atoms with Crippen LogP contribution in [0.2, 0.25) is 0 Å². The average Bonchev–Trinajstić information content (AvgIpc) is 2.41.